The zero-order chi connectivity index (χ0) is 15.4. The minimum absolute atomic E-state index is 0.0604. The number of hydrogen-bond acceptors (Lipinski definition) is 2. The maximum atomic E-state index is 12.1. The second-order valence-corrected chi connectivity index (χ2v) is 6.24. The third-order valence-electron chi connectivity index (χ3n) is 3.70. The number of carboxylic acids is 1. The Morgan fingerprint density at radius 2 is 1.76 bits per heavy atom. The number of rotatable bonds is 5. The number of nitrogens with one attached hydrogen (secondary N) is 1. The average molecular weight is 330 g/mol. The molecule has 0 saturated heterocycles. The lowest BCUT2D eigenvalue weighted by atomic mass is 10.0. The summed E-state index contributed by atoms with van der Waals surface area (Å²) in [6.45, 7) is 0. The van der Waals surface area contributed by atoms with E-state index in [0.717, 1.165) is 25.7 Å². The predicted octanol–water partition coefficient (Wildman–Crippen LogP) is 3.30. The van der Waals surface area contributed by atoms with Gasteiger partial charge in [-0.15, -0.1) is 0 Å². The van der Waals surface area contributed by atoms with Gasteiger partial charge in [-0.05, 0) is 36.6 Å². The molecule has 6 heteroatoms. The molecule has 1 fully saturated rings. The summed E-state index contributed by atoms with van der Waals surface area (Å²) in [6, 6.07) is 3.93. The second kappa shape index (κ2) is 7.14. The fourth-order valence-corrected chi connectivity index (χ4v) is 3.21. The van der Waals surface area contributed by atoms with Gasteiger partial charge in [0.25, 0.3) is 0 Å². The van der Waals surface area contributed by atoms with Crippen LogP contribution in [0.3, 0.4) is 0 Å². The van der Waals surface area contributed by atoms with Crippen molar-refractivity contribution >= 4 is 35.1 Å². The summed E-state index contributed by atoms with van der Waals surface area (Å²) in [5.41, 5.74) is 0.687. The maximum absolute atomic E-state index is 12.1. The lowest BCUT2D eigenvalue weighted by Gasteiger charge is -2.17. The smallest absolute Gasteiger partial charge is 0.326 e. The third-order valence-corrected chi connectivity index (χ3v) is 4.14. The first kappa shape index (κ1) is 16.1. The van der Waals surface area contributed by atoms with Gasteiger partial charge >= 0.3 is 5.97 Å². The Bertz CT molecular complexity index is 521. The van der Waals surface area contributed by atoms with Crippen molar-refractivity contribution in [1.82, 2.24) is 5.32 Å². The summed E-state index contributed by atoms with van der Waals surface area (Å²) in [4.78, 5) is 23.4. The molecule has 21 heavy (non-hydrogen) atoms. The summed E-state index contributed by atoms with van der Waals surface area (Å²) >= 11 is 11.8. The number of amides is 1. The number of aliphatic carboxylic acids is 1. The van der Waals surface area contributed by atoms with Crippen LogP contribution in [0.25, 0.3) is 0 Å². The molecule has 2 rings (SSSR count). The van der Waals surface area contributed by atoms with Crippen LogP contribution in [0.15, 0.2) is 18.2 Å². The van der Waals surface area contributed by atoms with E-state index in [0.29, 0.717) is 15.6 Å². The first-order valence-electron chi connectivity index (χ1n) is 6.94. The minimum atomic E-state index is -1.06. The summed E-state index contributed by atoms with van der Waals surface area (Å²) in [5.74, 6) is -1.29. The molecule has 1 aliphatic carbocycles. The Balaban J connectivity index is 2.04. The zero-order valence-electron chi connectivity index (χ0n) is 11.4. The highest BCUT2D eigenvalue weighted by Crippen LogP contribution is 2.25. The molecule has 1 atom stereocenters. The third kappa shape index (κ3) is 4.61. The summed E-state index contributed by atoms with van der Waals surface area (Å²) in [7, 11) is 0. The molecule has 0 heterocycles. The number of carboxylic acid groups (broad SMARTS) is 1. The molecule has 1 amide bonds. The van der Waals surface area contributed by atoms with Gasteiger partial charge in [0.15, 0.2) is 0 Å². The summed E-state index contributed by atoms with van der Waals surface area (Å²) in [6.07, 6.45) is 3.88. The molecular weight excluding hydrogens is 313 g/mol. The van der Waals surface area contributed by atoms with E-state index >= 15 is 0 Å². The first-order chi connectivity index (χ1) is 9.95. The van der Waals surface area contributed by atoms with Gasteiger partial charge in [-0.1, -0.05) is 36.0 Å². The topological polar surface area (TPSA) is 66.4 Å². The van der Waals surface area contributed by atoms with E-state index < -0.39 is 12.0 Å². The second-order valence-electron chi connectivity index (χ2n) is 5.36. The van der Waals surface area contributed by atoms with Crippen molar-refractivity contribution in [2.45, 2.75) is 38.1 Å². The zero-order valence-corrected chi connectivity index (χ0v) is 13.0. The fourth-order valence-electron chi connectivity index (χ4n) is 2.64. The van der Waals surface area contributed by atoms with Crippen molar-refractivity contribution in [3.8, 4) is 0 Å². The highest BCUT2D eigenvalue weighted by molar-refractivity contribution is 6.34. The summed E-state index contributed by atoms with van der Waals surface area (Å²) in [5, 5.41) is 12.8. The Morgan fingerprint density at radius 3 is 2.29 bits per heavy atom. The predicted molar refractivity (Wildman–Crippen MR) is 81.7 cm³/mol. The van der Waals surface area contributed by atoms with Gasteiger partial charge in [0.05, 0.1) is 0 Å². The average Bonchev–Trinajstić information content (AvgIpc) is 2.90. The van der Waals surface area contributed by atoms with Crippen LogP contribution in [-0.2, 0) is 16.0 Å². The van der Waals surface area contributed by atoms with Gasteiger partial charge < -0.3 is 10.4 Å². The molecule has 0 spiro atoms. The molecule has 0 bridgehead atoms. The monoisotopic (exact) mass is 329 g/mol. The van der Waals surface area contributed by atoms with Gasteiger partial charge in [-0.2, -0.15) is 0 Å². The normalized spacial score (nSPS) is 16.7. The number of carbonyl (C=O) groups excluding carboxylic acids is 1. The van der Waals surface area contributed by atoms with E-state index in [2.05, 4.69) is 5.32 Å². The Labute approximate surface area is 133 Å². The van der Waals surface area contributed by atoms with Crippen LogP contribution in [-0.4, -0.2) is 23.0 Å². The van der Waals surface area contributed by atoms with Crippen LogP contribution in [0.4, 0.5) is 0 Å². The highest BCUT2D eigenvalue weighted by Gasteiger charge is 2.27. The molecule has 1 aliphatic rings. The lowest BCUT2D eigenvalue weighted by molar-refractivity contribution is -0.142. The Morgan fingerprint density at radius 1 is 1.19 bits per heavy atom. The van der Waals surface area contributed by atoms with E-state index in [9.17, 15) is 14.7 Å². The van der Waals surface area contributed by atoms with Crippen molar-refractivity contribution in [3.05, 3.63) is 33.8 Å². The van der Waals surface area contributed by atoms with E-state index in [1.165, 1.54) is 0 Å². The number of carbonyl (C=O) groups is 2. The molecule has 0 aliphatic heterocycles. The standard InChI is InChI=1S/C15H17Cl2NO3/c16-11-5-9(6-12(17)8-11)7-13(15(20)21)18-14(19)10-3-1-2-4-10/h5-6,8,10,13H,1-4,7H2,(H,18,19)(H,20,21). The fraction of sp³-hybridized carbons (Fsp3) is 0.467. The molecule has 1 unspecified atom stereocenters. The Hall–Kier alpha value is -1.26. The van der Waals surface area contributed by atoms with E-state index in [1.807, 2.05) is 0 Å². The van der Waals surface area contributed by atoms with Crippen LogP contribution >= 0.6 is 23.2 Å². The van der Waals surface area contributed by atoms with Gasteiger partial charge in [-0.3, -0.25) is 4.79 Å². The van der Waals surface area contributed by atoms with Crippen LogP contribution < -0.4 is 5.32 Å². The van der Waals surface area contributed by atoms with Crippen LogP contribution in [0.1, 0.15) is 31.2 Å². The molecule has 1 aromatic carbocycles. The summed E-state index contributed by atoms with van der Waals surface area (Å²) < 4.78 is 0. The van der Waals surface area contributed by atoms with Crippen molar-refractivity contribution in [3.63, 3.8) is 0 Å². The van der Waals surface area contributed by atoms with Crippen molar-refractivity contribution < 1.29 is 14.7 Å². The van der Waals surface area contributed by atoms with E-state index in [1.54, 1.807) is 18.2 Å². The van der Waals surface area contributed by atoms with Crippen LogP contribution in [0.5, 0.6) is 0 Å². The van der Waals surface area contributed by atoms with Gasteiger partial charge in [0, 0.05) is 22.4 Å². The van der Waals surface area contributed by atoms with Crippen LogP contribution in [0, 0.1) is 5.92 Å². The maximum Gasteiger partial charge on any atom is 0.326 e. The quantitative estimate of drug-likeness (QED) is 0.870. The largest absolute Gasteiger partial charge is 0.480 e. The molecule has 0 radical (unpaired) electrons. The first-order valence-corrected chi connectivity index (χ1v) is 7.69. The van der Waals surface area contributed by atoms with Gasteiger partial charge in [0.1, 0.15) is 6.04 Å². The van der Waals surface area contributed by atoms with E-state index in [-0.39, 0.29) is 18.2 Å². The van der Waals surface area contributed by atoms with Crippen molar-refractivity contribution in [2.24, 2.45) is 5.92 Å². The molecule has 4 nitrogen and oxygen atoms in total. The highest BCUT2D eigenvalue weighted by atomic mass is 35.5. The molecule has 1 aromatic rings. The lowest BCUT2D eigenvalue weighted by Crippen LogP contribution is -2.44. The number of hydrogen-bond donors (Lipinski definition) is 2. The van der Waals surface area contributed by atoms with Gasteiger partial charge in [0.2, 0.25) is 5.91 Å². The number of halogens is 2. The van der Waals surface area contributed by atoms with E-state index in [4.69, 9.17) is 23.2 Å². The molecule has 1 saturated carbocycles. The van der Waals surface area contributed by atoms with Gasteiger partial charge in [-0.25, -0.2) is 4.79 Å². The molecule has 114 valence electrons. The van der Waals surface area contributed by atoms with Crippen molar-refractivity contribution in [1.29, 1.82) is 0 Å². The van der Waals surface area contributed by atoms with Crippen LogP contribution in [0.2, 0.25) is 10.0 Å². The number of benzene rings is 1. The van der Waals surface area contributed by atoms with Crippen molar-refractivity contribution in [2.75, 3.05) is 0 Å². The SMILES string of the molecule is O=C(NC(Cc1cc(Cl)cc(Cl)c1)C(=O)O)C1CCCC1. The molecular formula is C15H17Cl2NO3. The minimum Gasteiger partial charge on any atom is -0.480 e. The molecule has 0 aromatic heterocycles. The molecule has 2 N–H and O–H groups in total. The Kier molecular flexibility index (Phi) is 5.48.